The van der Waals surface area contributed by atoms with Crippen molar-refractivity contribution >= 4 is 21.7 Å². The molecule has 2 aromatic rings. The van der Waals surface area contributed by atoms with Crippen LogP contribution in [0.15, 0.2) is 36.7 Å². The second-order valence-corrected chi connectivity index (χ2v) is 8.98. The number of amides is 2. The molecule has 2 heterocycles. The van der Waals surface area contributed by atoms with E-state index in [2.05, 4.69) is 15.7 Å². The van der Waals surface area contributed by atoms with Crippen molar-refractivity contribution in [1.82, 2.24) is 19.4 Å². The second-order valence-electron chi connectivity index (χ2n) is 6.89. The first kappa shape index (κ1) is 21.2. The quantitative estimate of drug-likeness (QED) is 0.731. The molecule has 0 unspecified atom stereocenters. The fraction of sp³-hybridized carbons (Fsp3) is 0.444. The molecule has 1 fully saturated rings. The van der Waals surface area contributed by atoms with E-state index in [0.29, 0.717) is 13.1 Å². The Morgan fingerprint density at radius 3 is 2.66 bits per heavy atom. The first-order valence-electron chi connectivity index (χ1n) is 9.22. The van der Waals surface area contributed by atoms with E-state index < -0.39 is 21.9 Å². The predicted molar refractivity (Wildman–Crippen MR) is 106 cm³/mol. The van der Waals surface area contributed by atoms with E-state index in [1.807, 2.05) is 13.8 Å². The van der Waals surface area contributed by atoms with Gasteiger partial charge in [0.1, 0.15) is 5.69 Å². The third-order valence-electron chi connectivity index (χ3n) is 4.38. The molecule has 0 saturated carbocycles. The van der Waals surface area contributed by atoms with Crippen molar-refractivity contribution in [2.75, 3.05) is 30.7 Å². The molecule has 3 rings (SSSR count). The molecule has 2 amide bonds. The van der Waals surface area contributed by atoms with Crippen LogP contribution in [0, 0.1) is 5.82 Å². The lowest BCUT2D eigenvalue weighted by Gasteiger charge is -2.34. The molecule has 2 N–H and O–H groups in total. The average molecular weight is 425 g/mol. The minimum atomic E-state index is -3.51. The van der Waals surface area contributed by atoms with E-state index in [1.165, 1.54) is 33.4 Å². The van der Waals surface area contributed by atoms with Gasteiger partial charge in [-0.2, -0.15) is 9.40 Å². The maximum atomic E-state index is 14.2. The molecule has 2 atom stereocenters. The number of rotatable bonds is 6. The fourth-order valence-electron chi connectivity index (χ4n) is 3.14. The Hall–Kier alpha value is -2.50. The monoisotopic (exact) mass is 425 g/mol. The van der Waals surface area contributed by atoms with Gasteiger partial charge < -0.3 is 15.4 Å². The molecule has 1 aliphatic rings. The van der Waals surface area contributed by atoms with Crippen molar-refractivity contribution in [3.05, 3.63) is 42.5 Å². The summed E-state index contributed by atoms with van der Waals surface area (Å²) in [4.78, 5) is 12.0. The molecule has 0 bridgehead atoms. The van der Waals surface area contributed by atoms with Crippen molar-refractivity contribution < 1.29 is 22.3 Å². The van der Waals surface area contributed by atoms with Gasteiger partial charge in [0.2, 0.25) is 10.0 Å². The molecule has 29 heavy (non-hydrogen) atoms. The third-order valence-corrected chi connectivity index (χ3v) is 6.19. The minimum absolute atomic E-state index is 0.0673. The van der Waals surface area contributed by atoms with E-state index in [-0.39, 0.29) is 35.9 Å². The summed E-state index contributed by atoms with van der Waals surface area (Å²) in [6.07, 6.45) is 2.79. The van der Waals surface area contributed by atoms with E-state index >= 15 is 0 Å². The van der Waals surface area contributed by atoms with Gasteiger partial charge in [-0.3, -0.25) is 0 Å². The molecule has 0 radical (unpaired) electrons. The number of hydrogen-bond donors (Lipinski definition) is 2. The molecular formula is C18H24FN5O4S. The topological polar surface area (TPSA) is 106 Å². The van der Waals surface area contributed by atoms with Gasteiger partial charge in [0, 0.05) is 37.7 Å². The van der Waals surface area contributed by atoms with Crippen molar-refractivity contribution in [2.24, 2.45) is 0 Å². The zero-order valence-electron chi connectivity index (χ0n) is 16.2. The number of aromatic nitrogens is 2. The molecule has 1 aromatic carbocycles. The Labute approximate surface area is 168 Å². The Balaban J connectivity index is 1.50. The van der Waals surface area contributed by atoms with Crippen LogP contribution in [0.5, 0.6) is 0 Å². The number of benzene rings is 1. The lowest BCUT2D eigenvalue weighted by Crippen LogP contribution is -2.49. The van der Waals surface area contributed by atoms with Gasteiger partial charge in [-0.15, -0.1) is 0 Å². The largest absolute Gasteiger partial charge is 0.373 e. The third kappa shape index (κ3) is 5.52. The summed E-state index contributed by atoms with van der Waals surface area (Å²) in [5.74, 6) is -0.781. The summed E-state index contributed by atoms with van der Waals surface area (Å²) in [6.45, 7) is 4.16. The summed E-state index contributed by atoms with van der Waals surface area (Å²) < 4.78 is 47.4. The number of sulfonamides is 1. The Kier molecular flexibility index (Phi) is 6.50. The van der Waals surface area contributed by atoms with E-state index in [4.69, 9.17) is 4.74 Å². The highest BCUT2D eigenvalue weighted by atomic mass is 32.2. The Bertz CT molecular complexity index is 941. The average Bonchev–Trinajstić information content (AvgIpc) is 3.15. The first-order chi connectivity index (χ1) is 13.7. The highest BCUT2D eigenvalue weighted by Crippen LogP contribution is 2.18. The molecule has 158 valence electrons. The van der Waals surface area contributed by atoms with Crippen LogP contribution in [0.1, 0.15) is 13.8 Å². The number of nitrogens with zero attached hydrogens (tertiary/aromatic N) is 3. The maximum Gasteiger partial charge on any atom is 0.319 e. The highest BCUT2D eigenvalue weighted by molar-refractivity contribution is 7.89. The van der Waals surface area contributed by atoms with Crippen molar-refractivity contribution in [2.45, 2.75) is 26.1 Å². The fourth-order valence-corrected chi connectivity index (χ4v) is 4.63. The van der Waals surface area contributed by atoms with Gasteiger partial charge in [-0.1, -0.05) is 0 Å². The molecule has 9 nitrogen and oxygen atoms in total. The first-order valence-corrected chi connectivity index (χ1v) is 10.8. The van der Waals surface area contributed by atoms with Crippen LogP contribution in [0.3, 0.4) is 0 Å². The van der Waals surface area contributed by atoms with Crippen molar-refractivity contribution in [1.29, 1.82) is 0 Å². The number of morpholine rings is 1. The van der Waals surface area contributed by atoms with Crippen LogP contribution in [0.25, 0.3) is 5.69 Å². The van der Waals surface area contributed by atoms with Crippen LogP contribution in [-0.2, 0) is 14.8 Å². The molecular weight excluding hydrogens is 401 g/mol. The number of nitrogens with one attached hydrogen (secondary N) is 2. The van der Waals surface area contributed by atoms with Crippen LogP contribution >= 0.6 is 0 Å². The van der Waals surface area contributed by atoms with Gasteiger partial charge in [-0.05, 0) is 38.1 Å². The summed E-state index contributed by atoms with van der Waals surface area (Å²) in [5, 5.41) is 8.93. The van der Waals surface area contributed by atoms with E-state index in [9.17, 15) is 17.6 Å². The molecule has 0 aliphatic carbocycles. The van der Waals surface area contributed by atoms with Crippen LogP contribution < -0.4 is 10.6 Å². The van der Waals surface area contributed by atoms with Crippen molar-refractivity contribution in [3.8, 4) is 5.69 Å². The Morgan fingerprint density at radius 1 is 1.31 bits per heavy atom. The molecule has 0 spiro atoms. The molecule has 11 heteroatoms. The van der Waals surface area contributed by atoms with Gasteiger partial charge in [-0.25, -0.2) is 22.3 Å². The molecule has 1 saturated heterocycles. The van der Waals surface area contributed by atoms with Gasteiger partial charge >= 0.3 is 6.03 Å². The number of hydrogen-bond acceptors (Lipinski definition) is 5. The van der Waals surface area contributed by atoms with Gasteiger partial charge in [0.25, 0.3) is 0 Å². The number of ether oxygens (including phenoxy) is 1. The highest BCUT2D eigenvalue weighted by Gasteiger charge is 2.30. The van der Waals surface area contributed by atoms with Crippen LogP contribution in [0.4, 0.5) is 14.9 Å². The van der Waals surface area contributed by atoms with Crippen molar-refractivity contribution in [3.63, 3.8) is 0 Å². The minimum Gasteiger partial charge on any atom is -0.373 e. The number of urea groups is 1. The second kappa shape index (κ2) is 8.89. The summed E-state index contributed by atoms with van der Waals surface area (Å²) in [6, 6.07) is 5.25. The summed E-state index contributed by atoms with van der Waals surface area (Å²) in [7, 11) is -3.51. The number of anilines is 1. The zero-order valence-corrected chi connectivity index (χ0v) is 17.0. The standard InChI is InChI=1S/C18H24FN5O4S/c1-13-11-23(12-14(2)28-13)29(26,27)9-7-20-18(25)22-15-4-5-17(16(19)10-15)24-8-3-6-21-24/h3-6,8,10,13-14H,7,9,11-12H2,1-2H3,(H2,20,22,25)/t13-,14-/m1/s1. The number of halogens is 1. The smallest absolute Gasteiger partial charge is 0.319 e. The van der Waals surface area contributed by atoms with E-state index in [0.717, 1.165) is 0 Å². The van der Waals surface area contributed by atoms with E-state index in [1.54, 1.807) is 12.3 Å². The Morgan fingerprint density at radius 2 is 2.03 bits per heavy atom. The molecule has 1 aromatic heterocycles. The normalized spacial score (nSPS) is 20.4. The lowest BCUT2D eigenvalue weighted by atomic mass is 10.2. The SMILES string of the molecule is C[C@@H]1CN(S(=O)(=O)CCNC(=O)Nc2ccc(-n3cccn3)c(F)c2)C[C@@H](C)O1. The van der Waals surface area contributed by atoms with Crippen LogP contribution in [-0.4, -0.2) is 66.1 Å². The van der Waals surface area contributed by atoms with Crippen LogP contribution in [0.2, 0.25) is 0 Å². The zero-order chi connectivity index (χ0) is 21.0. The summed E-state index contributed by atoms with van der Waals surface area (Å²) >= 11 is 0. The predicted octanol–water partition coefficient (Wildman–Crippen LogP) is 1.57. The number of carbonyl (C=O) groups is 1. The summed E-state index contributed by atoms with van der Waals surface area (Å²) in [5.41, 5.74) is 0.496. The van der Waals surface area contributed by atoms with Gasteiger partial charge in [0.05, 0.1) is 18.0 Å². The molecule has 1 aliphatic heterocycles. The lowest BCUT2D eigenvalue weighted by molar-refractivity contribution is -0.0440. The number of carbonyl (C=O) groups excluding carboxylic acids is 1. The maximum absolute atomic E-state index is 14.2. The van der Waals surface area contributed by atoms with Gasteiger partial charge in [0.15, 0.2) is 5.82 Å².